The number of hydrogen-bond donors (Lipinski definition) is 1. The van der Waals surface area contributed by atoms with E-state index in [9.17, 15) is 14.0 Å². The first-order valence-corrected chi connectivity index (χ1v) is 11.1. The third-order valence-electron chi connectivity index (χ3n) is 4.45. The zero-order valence-electron chi connectivity index (χ0n) is 16.1. The molecule has 2 amide bonds. The minimum Gasteiger partial charge on any atom is -0.326 e. The van der Waals surface area contributed by atoms with Gasteiger partial charge in [-0.15, -0.1) is 0 Å². The Labute approximate surface area is 189 Å². The van der Waals surface area contributed by atoms with E-state index in [0.717, 1.165) is 18.4 Å². The van der Waals surface area contributed by atoms with Crippen molar-refractivity contribution in [1.29, 1.82) is 0 Å². The van der Waals surface area contributed by atoms with Crippen LogP contribution in [0, 0.1) is 5.82 Å². The third kappa shape index (κ3) is 6.39. The molecule has 0 radical (unpaired) electrons. The molecule has 1 aliphatic rings. The van der Waals surface area contributed by atoms with Gasteiger partial charge in [-0.2, -0.15) is 0 Å². The lowest BCUT2D eigenvalue weighted by molar-refractivity contribution is -0.122. The molecule has 0 spiro atoms. The van der Waals surface area contributed by atoms with Crippen molar-refractivity contribution in [3.63, 3.8) is 0 Å². The number of rotatable bonds is 8. The number of nitrogens with zero attached hydrogens (tertiary/aromatic N) is 1. The average molecular weight is 463 g/mol. The molecule has 2 aromatic rings. The van der Waals surface area contributed by atoms with Crippen LogP contribution >= 0.6 is 35.6 Å². The number of benzene rings is 2. The first kappa shape index (κ1) is 22.5. The highest BCUT2D eigenvalue weighted by atomic mass is 35.5. The number of carbonyl (C=O) groups is 2. The van der Waals surface area contributed by atoms with Crippen molar-refractivity contribution < 1.29 is 14.0 Å². The van der Waals surface area contributed by atoms with Crippen molar-refractivity contribution in [2.45, 2.75) is 25.7 Å². The molecule has 1 aliphatic heterocycles. The van der Waals surface area contributed by atoms with Crippen molar-refractivity contribution in [2.75, 3.05) is 11.9 Å². The lowest BCUT2D eigenvalue weighted by atomic mass is 10.1. The monoisotopic (exact) mass is 462 g/mol. The summed E-state index contributed by atoms with van der Waals surface area (Å²) in [6, 6.07) is 12.9. The summed E-state index contributed by atoms with van der Waals surface area (Å²) in [6.07, 6.45) is 4.43. The van der Waals surface area contributed by atoms with Crippen molar-refractivity contribution in [2.24, 2.45) is 0 Å². The lowest BCUT2D eigenvalue weighted by Crippen LogP contribution is -2.29. The number of thioether (sulfide) groups is 1. The summed E-state index contributed by atoms with van der Waals surface area (Å²) < 4.78 is 13.4. The van der Waals surface area contributed by atoms with Crippen molar-refractivity contribution >= 4 is 63.5 Å². The van der Waals surface area contributed by atoms with E-state index in [1.165, 1.54) is 36.0 Å². The molecule has 1 saturated heterocycles. The van der Waals surface area contributed by atoms with Gasteiger partial charge < -0.3 is 5.32 Å². The molecule has 2 aromatic carbocycles. The quantitative estimate of drug-likeness (QED) is 0.302. The van der Waals surface area contributed by atoms with Crippen molar-refractivity contribution in [3.8, 4) is 0 Å². The van der Waals surface area contributed by atoms with E-state index in [-0.39, 0.29) is 17.6 Å². The van der Waals surface area contributed by atoms with Crippen LogP contribution in [0.25, 0.3) is 6.08 Å². The molecule has 1 heterocycles. The molecule has 0 atom stereocenters. The number of hydrogen-bond acceptors (Lipinski definition) is 4. The molecule has 0 bridgehead atoms. The maximum Gasteiger partial charge on any atom is 0.266 e. The Morgan fingerprint density at radius 2 is 1.80 bits per heavy atom. The molecule has 156 valence electrons. The van der Waals surface area contributed by atoms with E-state index < -0.39 is 0 Å². The van der Waals surface area contributed by atoms with Crippen LogP contribution in [0.3, 0.4) is 0 Å². The molecule has 1 N–H and O–H groups in total. The van der Waals surface area contributed by atoms with Gasteiger partial charge in [0.05, 0.1) is 4.91 Å². The summed E-state index contributed by atoms with van der Waals surface area (Å²) in [7, 11) is 0. The lowest BCUT2D eigenvalue weighted by Gasteiger charge is -2.14. The van der Waals surface area contributed by atoms with E-state index in [1.54, 1.807) is 17.0 Å². The normalized spacial score (nSPS) is 15.1. The molecule has 0 aliphatic carbocycles. The van der Waals surface area contributed by atoms with Crippen LogP contribution in [0.1, 0.15) is 31.2 Å². The number of carbonyl (C=O) groups excluding carboxylic acids is 2. The minimum atomic E-state index is -0.341. The Kier molecular flexibility index (Phi) is 8.01. The number of halogens is 2. The van der Waals surface area contributed by atoms with Gasteiger partial charge in [-0.1, -0.05) is 54.1 Å². The zero-order chi connectivity index (χ0) is 21.5. The second kappa shape index (κ2) is 10.7. The Bertz CT molecular complexity index is 962. The van der Waals surface area contributed by atoms with E-state index in [1.807, 2.05) is 18.2 Å². The van der Waals surface area contributed by atoms with Crippen LogP contribution in [0.2, 0.25) is 5.02 Å². The highest BCUT2D eigenvalue weighted by Crippen LogP contribution is 2.33. The third-order valence-corrected chi connectivity index (χ3v) is 6.08. The fraction of sp³-hybridized carbons (Fsp3) is 0.227. The Morgan fingerprint density at radius 1 is 1.10 bits per heavy atom. The highest BCUT2D eigenvalue weighted by molar-refractivity contribution is 8.26. The summed E-state index contributed by atoms with van der Waals surface area (Å²) in [5, 5.41) is 3.38. The highest BCUT2D eigenvalue weighted by Gasteiger charge is 2.31. The van der Waals surface area contributed by atoms with Gasteiger partial charge in [0.15, 0.2) is 0 Å². The topological polar surface area (TPSA) is 49.4 Å². The van der Waals surface area contributed by atoms with Crippen molar-refractivity contribution in [3.05, 3.63) is 69.8 Å². The molecule has 3 rings (SSSR count). The molecule has 8 heteroatoms. The number of amides is 2. The summed E-state index contributed by atoms with van der Waals surface area (Å²) in [4.78, 5) is 26.8. The molecule has 0 saturated carbocycles. The van der Waals surface area contributed by atoms with Crippen LogP contribution in [0.5, 0.6) is 0 Å². The molecular formula is C22H20ClFN2O2S2. The minimum absolute atomic E-state index is 0.0889. The van der Waals surface area contributed by atoms with Gasteiger partial charge in [0.2, 0.25) is 5.91 Å². The number of unbranched alkanes of at least 4 members (excludes halogenated alkanes) is 2. The van der Waals surface area contributed by atoms with Gasteiger partial charge in [0.1, 0.15) is 10.1 Å². The predicted molar refractivity (Wildman–Crippen MR) is 125 cm³/mol. The smallest absolute Gasteiger partial charge is 0.266 e. The van der Waals surface area contributed by atoms with Crippen LogP contribution in [0.15, 0.2) is 53.4 Å². The van der Waals surface area contributed by atoms with Crippen LogP contribution in [0.4, 0.5) is 10.1 Å². The van der Waals surface area contributed by atoms with Crippen LogP contribution in [-0.4, -0.2) is 27.6 Å². The molecular weight excluding hydrogens is 443 g/mol. The van der Waals surface area contributed by atoms with E-state index in [4.69, 9.17) is 23.8 Å². The molecule has 1 fully saturated rings. The number of anilines is 1. The van der Waals surface area contributed by atoms with Gasteiger partial charge in [-0.25, -0.2) is 4.39 Å². The largest absolute Gasteiger partial charge is 0.326 e. The van der Waals surface area contributed by atoms with E-state index in [0.29, 0.717) is 39.3 Å². The Morgan fingerprint density at radius 3 is 2.50 bits per heavy atom. The Balaban J connectivity index is 1.40. The van der Waals surface area contributed by atoms with E-state index >= 15 is 0 Å². The maximum absolute atomic E-state index is 12.9. The standard InChI is InChI=1S/C22H20ClFN2O2S2/c23-16-7-5-15(6-8-16)14-19-21(28)26(22(29)30-19)13-3-1-2-4-20(27)25-18-11-9-17(24)10-12-18/h5-12,14H,1-4,13H2,(H,25,27)/b19-14-. The predicted octanol–water partition coefficient (Wildman–Crippen LogP) is 5.88. The summed E-state index contributed by atoms with van der Waals surface area (Å²) in [5.74, 6) is -0.543. The SMILES string of the molecule is O=C(CCCCCN1C(=O)/C(=C/c2ccc(Cl)cc2)SC1=S)Nc1ccc(F)cc1. The Hall–Kier alpha value is -2.22. The fourth-order valence-corrected chi connectivity index (χ4v) is 4.33. The fourth-order valence-electron chi connectivity index (χ4n) is 2.89. The molecule has 30 heavy (non-hydrogen) atoms. The average Bonchev–Trinajstić information content (AvgIpc) is 2.98. The molecule has 0 unspecified atom stereocenters. The number of thiocarbonyl (C=S) groups is 1. The summed E-state index contributed by atoms with van der Waals surface area (Å²) in [5.41, 5.74) is 1.47. The second-order valence-electron chi connectivity index (χ2n) is 6.75. The van der Waals surface area contributed by atoms with Gasteiger partial charge in [0.25, 0.3) is 5.91 Å². The summed E-state index contributed by atoms with van der Waals surface area (Å²) in [6.45, 7) is 0.530. The van der Waals surface area contributed by atoms with Crippen LogP contribution in [-0.2, 0) is 9.59 Å². The number of nitrogens with one attached hydrogen (secondary N) is 1. The van der Waals surface area contributed by atoms with Crippen LogP contribution < -0.4 is 5.32 Å². The van der Waals surface area contributed by atoms with Crippen molar-refractivity contribution in [1.82, 2.24) is 4.90 Å². The summed E-state index contributed by atoms with van der Waals surface area (Å²) >= 11 is 12.5. The van der Waals surface area contributed by atoms with Gasteiger partial charge in [0, 0.05) is 23.7 Å². The van der Waals surface area contributed by atoms with E-state index in [2.05, 4.69) is 5.32 Å². The van der Waals surface area contributed by atoms with Gasteiger partial charge in [-0.05, 0) is 60.9 Å². The van der Waals surface area contributed by atoms with Gasteiger partial charge >= 0.3 is 0 Å². The first-order valence-electron chi connectivity index (χ1n) is 9.49. The first-order chi connectivity index (χ1) is 14.4. The molecule has 0 aromatic heterocycles. The zero-order valence-corrected chi connectivity index (χ0v) is 18.5. The maximum atomic E-state index is 12.9. The second-order valence-corrected chi connectivity index (χ2v) is 8.86. The van der Waals surface area contributed by atoms with Gasteiger partial charge in [-0.3, -0.25) is 14.5 Å². The molecule has 4 nitrogen and oxygen atoms in total.